The second-order valence-electron chi connectivity index (χ2n) is 14.1. The number of benzene rings is 1. The molecular formula is C36H54O. The van der Waals surface area contributed by atoms with Crippen LogP contribution in [0.1, 0.15) is 98.6 Å². The molecule has 0 aromatic heterocycles. The SMILES string of the molecule is Cc1ccc(C(C)C2C[C@@H](C)C(C(=O)C3C=C4C(=CC3C)C(C)CC4C(C)C(C)C(C)C)CC2C)cc1. The van der Waals surface area contributed by atoms with Gasteiger partial charge in [-0.1, -0.05) is 104 Å². The average Bonchev–Trinajstić information content (AvgIpc) is 3.18. The van der Waals surface area contributed by atoms with Gasteiger partial charge >= 0.3 is 0 Å². The van der Waals surface area contributed by atoms with Crippen LogP contribution < -0.4 is 0 Å². The lowest BCUT2D eigenvalue weighted by Crippen LogP contribution is -2.39. The summed E-state index contributed by atoms with van der Waals surface area (Å²) >= 11 is 0. The zero-order valence-corrected chi connectivity index (χ0v) is 25.4. The molecule has 1 nitrogen and oxygen atoms in total. The summed E-state index contributed by atoms with van der Waals surface area (Å²) in [6.45, 7) is 23.6. The Morgan fingerprint density at radius 3 is 2.08 bits per heavy atom. The first-order valence-electron chi connectivity index (χ1n) is 15.4. The summed E-state index contributed by atoms with van der Waals surface area (Å²) in [7, 11) is 0. The number of Topliss-reactive ketones (excluding diaryl/α,β-unsaturated/α-hetero) is 1. The highest BCUT2D eigenvalue weighted by Crippen LogP contribution is 2.52. The monoisotopic (exact) mass is 502 g/mol. The quantitative estimate of drug-likeness (QED) is 0.363. The van der Waals surface area contributed by atoms with E-state index in [9.17, 15) is 4.79 Å². The highest BCUT2D eigenvalue weighted by Gasteiger charge is 2.44. The van der Waals surface area contributed by atoms with E-state index in [1.54, 1.807) is 5.57 Å². The van der Waals surface area contributed by atoms with Crippen molar-refractivity contribution in [1.82, 2.24) is 0 Å². The van der Waals surface area contributed by atoms with Gasteiger partial charge in [0.15, 0.2) is 0 Å². The molecule has 1 aromatic rings. The maximum Gasteiger partial charge on any atom is 0.143 e. The van der Waals surface area contributed by atoms with Crippen molar-refractivity contribution in [2.45, 2.75) is 94.4 Å². The van der Waals surface area contributed by atoms with E-state index in [1.165, 1.54) is 23.1 Å². The van der Waals surface area contributed by atoms with Gasteiger partial charge in [0.25, 0.3) is 0 Å². The predicted octanol–water partition coefficient (Wildman–Crippen LogP) is 9.67. The van der Waals surface area contributed by atoms with Crippen LogP contribution in [0.4, 0.5) is 0 Å². The van der Waals surface area contributed by atoms with Gasteiger partial charge in [-0.05, 0) is 102 Å². The Balaban J connectivity index is 1.52. The first-order valence-corrected chi connectivity index (χ1v) is 15.4. The minimum absolute atomic E-state index is 0.0545. The molecule has 0 aliphatic heterocycles. The number of aryl methyl sites for hydroxylation is 1. The fourth-order valence-corrected chi connectivity index (χ4v) is 8.25. The minimum Gasteiger partial charge on any atom is -0.299 e. The Labute approximate surface area is 228 Å². The van der Waals surface area contributed by atoms with E-state index in [1.807, 2.05) is 0 Å². The first kappa shape index (κ1) is 28.4. The summed E-state index contributed by atoms with van der Waals surface area (Å²) in [6.07, 6.45) is 8.42. The van der Waals surface area contributed by atoms with Crippen molar-refractivity contribution in [3.05, 3.63) is 58.7 Å². The van der Waals surface area contributed by atoms with Crippen LogP contribution >= 0.6 is 0 Å². The number of carbonyl (C=O) groups is 1. The molecule has 0 saturated heterocycles. The summed E-state index contributed by atoms with van der Waals surface area (Å²) in [5.74, 6) is 6.57. The first-order chi connectivity index (χ1) is 17.4. The molecule has 0 bridgehead atoms. The summed E-state index contributed by atoms with van der Waals surface area (Å²) in [6, 6.07) is 9.12. The maximum absolute atomic E-state index is 14.2. The number of rotatable bonds is 7. The van der Waals surface area contributed by atoms with Crippen molar-refractivity contribution in [1.29, 1.82) is 0 Å². The number of fused-ring (bicyclic) bond motifs is 1. The van der Waals surface area contributed by atoms with Crippen molar-refractivity contribution >= 4 is 5.78 Å². The maximum atomic E-state index is 14.2. The van der Waals surface area contributed by atoms with E-state index in [-0.39, 0.29) is 11.8 Å². The standard InChI is InChI=1S/C36H54O/c1-20(2)26(8)27(9)34-18-23(5)31-16-25(7)33(19-35(31)34)36(37)32-17-22(4)30(15-24(32)6)28(10)29-13-11-21(3)12-14-29/h11-14,16,19-20,22-28,30,32-34H,15,17-18H2,1-10H3/t22?,23?,24-,25?,26?,27?,28?,30?,32?,33?,34?/m1/s1. The molecule has 37 heavy (non-hydrogen) atoms. The molecule has 204 valence electrons. The van der Waals surface area contributed by atoms with E-state index < -0.39 is 0 Å². The highest BCUT2D eigenvalue weighted by atomic mass is 16.1. The van der Waals surface area contributed by atoms with Crippen molar-refractivity contribution < 1.29 is 4.79 Å². The van der Waals surface area contributed by atoms with Crippen molar-refractivity contribution in [3.8, 4) is 0 Å². The Kier molecular flexibility index (Phi) is 8.62. The van der Waals surface area contributed by atoms with Gasteiger partial charge in [0.1, 0.15) is 5.78 Å². The highest BCUT2D eigenvalue weighted by molar-refractivity contribution is 5.86. The molecule has 2 saturated carbocycles. The summed E-state index contributed by atoms with van der Waals surface area (Å²) in [4.78, 5) is 14.2. The van der Waals surface area contributed by atoms with Gasteiger partial charge in [0.2, 0.25) is 0 Å². The summed E-state index contributed by atoms with van der Waals surface area (Å²) < 4.78 is 0. The summed E-state index contributed by atoms with van der Waals surface area (Å²) in [5.41, 5.74) is 5.87. The molecule has 10 unspecified atom stereocenters. The predicted molar refractivity (Wildman–Crippen MR) is 158 cm³/mol. The van der Waals surface area contributed by atoms with Crippen molar-refractivity contribution in [3.63, 3.8) is 0 Å². The van der Waals surface area contributed by atoms with Gasteiger partial charge in [0.05, 0.1) is 0 Å². The van der Waals surface area contributed by atoms with Crippen LogP contribution in [0.5, 0.6) is 0 Å². The van der Waals surface area contributed by atoms with Gasteiger partial charge in [0, 0.05) is 11.8 Å². The van der Waals surface area contributed by atoms with E-state index in [0.717, 1.165) is 12.8 Å². The lowest BCUT2D eigenvalue weighted by Gasteiger charge is -2.42. The Bertz CT molecular complexity index is 1010. The van der Waals surface area contributed by atoms with Crippen molar-refractivity contribution in [2.24, 2.45) is 65.1 Å². The molecule has 3 aliphatic carbocycles. The molecule has 1 heteroatoms. The van der Waals surface area contributed by atoms with Crippen LogP contribution in [0.15, 0.2) is 47.6 Å². The van der Waals surface area contributed by atoms with E-state index >= 15 is 0 Å². The molecule has 0 heterocycles. The Hall–Kier alpha value is -1.63. The molecular weight excluding hydrogens is 448 g/mol. The largest absolute Gasteiger partial charge is 0.299 e. The van der Waals surface area contributed by atoms with Crippen LogP contribution in [0, 0.1) is 72.0 Å². The molecule has 4 rings (SSSR count). The van der Waals surface area contributed by atoms with Gasteiger partial charge in [-0.3, -0.25) is 4.79 Å². The average molecular weight is 503 g/mol. The van der Waals surface area contributed by atoms with E-state index in [2.05, 4.69) is 106 Å². The van der Waals surface area contributed by atoms with Crippen LogP contribution in [0.2, 0.25) is 0 Å². The smallest absolute Gasteiger partial charge is 0.143 e. The molecule has 3 aliphatic rings. The zero-order chi connectivity index (χ0) is 27.2. The van der Waals surface area contributed by atoms with Crippen LogP contribution in [0.25, 0.3) is 0 Å². The van der Waals surface area contributed by atoms with Gasteiger partial charge in [-0.25, -0.2) is 0 Å². The van der Waals surface area contributed by atoms with Gasteiger partial charge in [-0.15, -0.1) is 0 Å². The molecule has 1 aromatic carbocycles. The zero-order valence-electron chi connectivity index (χ0n) is 25.4. The summed E-state index contributed by atoms with van der Waals surface area (Å²) in [5, 5.41) is 0. The molecule has 2 fully saturated rings. The van der Waals surface area contributed by atoms with E-state index in [0.29, 0.717) is 65.0 Å². The molecule has 0 N–H and O–H groups in total. The molecule has 0 amide bonds. The third-order valence-electron chi connectivity index (χ3n) is 11.4. The van der Waals surface area contributed by atoms with Crippen molar-refractivity contribution in [2.75, 3.05) is 0 Å². The minimum atomic E-state index is 0.0545. The second kappa shape index (κ2) is 11.2. The fourth-order valence-electron chi connectivity index (χ4n) is 8.25. The van der Waals surface area contributed by atoms with Gasteiger partial charge in [-0.2, -0.15) is 0 Å². The number of hydrogen-bond acceptors (Lipinski definition) is 1. The van der Waals surface area contributed by atoms with Crippen LogP contribution in [-0.2, 0) is 4.79 Å². The third kappa shape index (κ3) is 5.58. The lowest BCUT2D eigenvalue weighted by molar-refractivity contribution is -0.130. The third-order valence-corrected chi connectivity index (χ3v) is 11.4. The number of hydrogen-bond donors (Lipinski definition) is 0. The van der Waals surface area contributed by atoms with Crippen LogP contribution in [-0.4, -0.2) is 5.78 Å². The fraction of sp³-hybridized carbons (Fsp3) is 0.694. The lowest BCUT2D eigenvalue weighted by atomic mass is 9.61. The normalized spacial score (nSPS) is 36.4. The molecule has 0 spiro atoms. The number of ketones is 1. The Morgan fingerprint density at radius 2 is 1.46 bits per heavy atom. The van der Waals surface area contributed by atoms with Crippen LogP contribution in [0.3, 0.4) is 0 Å². The van der Waals surface area contributed by atoms with Gasteiger partial charge < -0.3 is 0 Å². The second-order valence-corrected chi connectivity index (χ2v) is 14.1. The van der Waals surface area contributed by atoms with E-state index in [4.69, 9.17) is 0 Å². The molecule has 0 radical (unpaired) electrons. The number of allylic oxidation sites excluding steroid dienone is 4. The Morgan fingerprint density at radius 1 is 0.811 bits per heavy atom. The topological polar surface area (TPSA) is 17.1 Å². The number of carbonyl (C=O) groups excluding carboxylic acids is 1. The molecule has 11 atom stereocenters.